The molecular formula is C17H21N3O5S2. The molecule has 1 aromatic carbocycles. The maximum Gasteiger partial charge on any atom is 0.243 e. The lowest BCUT2D eigenvalue weighted by Gasteiger charge is -2.30. The zero-order valence-corrected chi connectivity index (χ0v) is 16.7. The Kier molecular flexibility index (Phi) is 5.98. The number of nitrogens with one attached hydrogen (secondary N) is 1. The molecule has 1 N–H and O–H groups in total. The van der Waals surface area contributed by atoms with Crippen LogP contribution >= 0.6 is 11.3 Å². The number of thiazole rings is 1. The summed E-state index contributed by atoms with van der Waals surface area (Å²) in [7, 11) is -0.710. The van der Waals surface area contributed by atoms with Gasteiger partial charge in [-0.1, -0.05) is 0 Å². The molecule has 1 aromatic heterocycles. The van der Waals surface area contributed by atoms with Gasteiger partial charge < -0.3 is 14.8 Å². The van der Waals surface area contributed by atoms with Gasteiger partial charge in [0.1, 0.15) is 0 Å². The fraction of sp³-hybridized carbons (Fsp3) is 0.412. The number of hydrogen-bond donors (Lipinski definition) is 1. The van der Waals surface area contributed by atoms with Crippen molar-refractivity contribution >= 4 is 32.4 Å². The van der Waals surface area contributed by atoms with E-state index >= 15 is 0 Å². The highest BCUT2D eigenvalue weighted by molar-refractivity contribution is 7.89. The van der Waals surface area contributed by atoms with E-state index in [1.165, 1.54) is 42.0 Å². The van der Waals surface area contributed by atoms with E-state index in [1.807, 2.05) is 0 Å². The average molecular weight is 412 g/mol. The highest BCUT2D eigenvalue weighted by Crippen LogP contribution is 2.32. The van der Waals surface area contributed by atoms with Crippen molar-refractivity contribution in [3.05, 3.63) is 29.8 Å². The van der Waals surface area contributed by atoms with Gasteiger partial charge in [-0.25, -0.2) is 13.4 Å². The van der Waals surface area contributed by atoms with Crippen LogP contribution in [0.15, 0.2) is 34.7 Å². The van der Waals surface area contributed by atoms with Crippen molar-refractivity contribution in [2.75, 3.05) is 32.6 Å². The molecule has 0 radical (unpaired) electrons. The molecule has 0 aliphatic carbocycles. The highest BCUT2D eigenvalue weighted by Gasteiger charge is 2.32. The van der Waals surface area contributed by atoms with Crippen molar-refractivity contribution in [2.24, 2.45) is 5.92 Å². The monoisotopic (exact) mass is 411 g/mol. The molecule has 2 heterocycles. The van der Waals surface area contributed by atoms with Crippen LogP contribution in [0.1, 0.15) is 12.8 Å². The molecule has 27 heavy (non-hydrogen) atoms. The minimum absolute atomic E-state index is 0.117. The van der Waals surface area contributed by atoms with Crippen molar-refractivity contribution in [3.63, 3.8) is 0 Å². The smallest absolute Gasteiger partial charge is 0.243 e. The maximum absolute atomic E-state index is 12.9. The largest absolute Gasteiger partial charge is 0.493 e. The normalized spacial score (nSPS) is 16.1. The number of piperidine rings is 1. The Bertz CT molecular complexity index is 891. The van der Waals surface area contributed by atoms with Crippen LogP contribution in [0.25, 0.3) is 0 Å². The summed E-state index contributed by atoms with van der Waals surface area (Å²) in [4.78, 5) is 16.5. The molecule has 0 bridgehead atoms. The van der Waals surface area contributed by atoms with Gasteiger partial charge in [-0.2, -0.15) is 4.31 Å². The molecule has 0 unspecified atom stereocenters. The maximum atomic E-state index is 12.9. The summed E-state index contributed by atoms with van der Waals surface area (Å²) in [5.41, 5.74) is 0. The second kappa shape index (κ2) is 8.24. The third kappa shape index (κ3) is 4.23. The van der Waals surface area contributed by atoms with E-state index in [4.69, 9.17) is 9.47 Å². The number of nitrogens with zero attached hydrogens (tertiary/aromatic N) is 2. The SMILES string of the molecule is COc1ccc(S(=O)(=O)N2CCC(C(=O)Nc3nccs3)CC2)cc1OC. The molecule has 1 saturated heterocycles. The standard InChI is InChI=1S/C17H21N3O5S2/c1-24-14-4-3-13(11-15(14)25-2)27(22,23)20-8-5-12(6-9-20)16(21)19-17-18-7-10-26-17/h3-4,7,10-12H,5-6,8-9H2,1-2H3,(H,18,19,21). The number of amides is 1. The number of carbonyl (C=O) groups is 1. The summed E-state index contributed by atoms with van der Waals surface area (Å²) in [6.07, 6.45) is 2.55. The van der Waals surface area contributed by atoms with Crippen LogP contribution < -0.4 is 14.8 Å². The molecule has 1 fully saturated rings. The van der Waals surface area contributed by atoms with Gasteiger partial charge >= 0.3 is 0 Å². The number of ether oxygens (including phenoxy) is 2. The number of methoxy groups -OCH3 is 2. The van der Waals surface area contributed by atoms with Gasteiger partial charge in [0.2, 0.25) is 15.9 Å². The first-order chi connectivity index (χ1) is 13.0. The number of aromatic nitrogens is 1. The molecule has 2 aromatic rings. The Morgan fingerprint density at radius 3 is 2.52 bits per heavy atom. The summed E-state index contributed by atoms with van der Waals surface area (Å²) < 4.78 is 37.6. The molecule has 0 atom stereocenters. The molecule has 146 valence electrons. The van der Waals surface area contributed by atoms with Crippen LogP contribution in [0, 0.1) is 5.92 Å². The Morgan fingerprint density at radius 2 is 1.93 bits per heavy atom. The van der Waals surface area contributed by atoms with Gasteiger partial charge in [-0.3, -0.25) is 4.79 Å². The van der Waals surface area contributed by atoms with Crippen molar-refractivity contribution in [1.82, 2.24) is 9.29 Å². The zero-order valence-electron chi connectivity index (χ0n) is 15.0. The van der Waals surface area contributed by atoms with Crippen molar-refractivity contribution in [1.29, 1.82) is 0 Å². The Morgan fingerprint density at radius 1 is 1.22 bits per heavy atom. The average Bonchev–Trinajstić information content (AvgIpc) is 3.20. The predicted octanol–water partition coefficient (Wildman–Crippen LogP) is 2.20. The molecule has 1 aliphatic heterocycles. The molecule has 0 spiro atoms. The predicted molar refractivity (Wildman–Crippen MR) is 102 cm³/mol. The van der Waals surface area contributed by atoms with E-state index in [0.29, 0.717) is 29.5 Å². The van der Waals surface area contributed by atoms with Crippen molar-refractivity contribution in [2.45, 2.75) is 17.7 Å². The second-order valence-corrected chi connectivity index (χ2v) is 8.85. The van der Waals surface area contributed by atoms with E-state index in [1.54, 1.807) is 17.6 Å². The molecule has 1 amide bonds. The van der Waals surface area contributed by atoms with E-state index < -0.39 is 10.0 Å². The van der Waals surface area contributed by atoms with Crippen LogP contribution in [0.3, 0.4) is 0 Å². The zero-order chi connectivity index (χ0) is 19.4. The van der Waals surface area contributed by atoms with E-state index in [-0.39, 0.29) is 29.8 Å². The molecular weight excluding hydrogens is 390 g/mol. The van der Waals surface area contributed by atoms with Gasteiger partial charge in [0.25, 0.3) is 0 Å². The molecule has 8 nitrogen and oxygen atoms in total. The summed E-state index contributed by atoms with van der Waals surface area (Å²) in [6, 6.07) is 4.52. The van der Waals surface area contributed by atoms with E-state index in [9.17, 15) is 13.2 Å². The molecule has 3 rings (SSSR count). The van der Waals surface area contributed by atoms with Crippen LogP contribution in [-0.2, 0) is 14.8 Å². The quantitative estimate of drug-likeness (QED) is 0.783. The van der Waals surface area contributed by atoms with Crippen molar-refractivity contribution in [3.8, 4) is 11.5 Å². The number of benzene rings is 1. The summed E-state index contributed by atoms with van der Waals surface area (Å²) in [5, 5.41) is 5.12. The Labute approximate surface area is 162 Å². The molecule has 1 aliphatic rings. The number of hydrogen-bond acceptors (Lipinski definition) is 7. The van der Waals surface area contributed by atoms with Gasteiger partial charge in [0.15, 0.2) is 16.6 Å². The number of rotatable bonds is 6. The summed E-state index contributed by atoms with van der Waals surface area (Å²) in [6.45, 7) is 0.569. The third-order valence-corrected chi connectivity index (χ3v) is 7.06. The van der Waals surface area contributed by atoms with Crippen LogP contribution in [-0.4, -0.2) is 50.9 Å². The fourth-order valence-electron chi connectivity index (χ4n) is 2.98. The lowest BCUT2D eigenvalue weighted by Crippen LogP contribution is -2.41. The molecule has 0 saturated carbocycles. The Hall–Kier alpha value is -2.17. The topological polar surface area (TPSA) is 97.8 Å². The minimum atomic E-state index is -3.66. The third-order valence-electron chi connectivity index (χ3n) is 4.48. The summed E-state index contributed by atoms with van der Waals surface area (Å²) in [5.74, 6) is 0.476. The lowest BCUT2D eigenvalue weighted by atomic mass is 9.97. The number of anilines is 1. The second-order valence-electron chi connectivity index (χ2n) is 6.02. The lowest BCUT2D eigenvalue weighted by molar-refractivity contribution is -0.120. The summed E-state index contributed by atoms with van der Waals surface area (Å²) >= 11 is 1.35. The van der Waals surface area contributed by atoms with Gasteiger partial charge in [0, 0.05) is 36.7 Å². The molecule has 10 heteroatoms. The first-order valence-electron chi connectivity index (χ1n) is 8.38. The van der Waals surface area contributed by atoms with Crippen LogP contribution in [0.2, 0.25) is 0 Å². The number of carbonyl (C=O) groups excluding carboxylic acids is 1. The van der Waals surface area contributed by atoms with Gasteiger partial charge in [-0.05, 0) is 25.0 Å². The van der Waals surface area contributed by atoms with Gasteiger partial charge in [-0.15, -0.1) is 11.3 Å². The van der Waals surface area contributed by atoms with E-state index in [2.05, 4.69) is 10.3 Å². The fourth-order valence-corrected chi connectivity index (χ4v) is 4.99. The van der Waals surface area contributed by atoms with Crippen LogP contribution in [0.5, 0.6) is 11.5 Å². The first kappa shape index (κ1) is 19.6. The van der Waals surface area contributed by atoms with Crippen molar-refractivity contribution < 1.29 is 22.7 Å². The van der Waals surface area contributed by atoms with Gasteiger partial charge in [0.05, 0.1) is 19.1 Å². The van der Waals surface area contributed by atoms with Crippen LogP contribution in [0.4, 0.5) is 5.13 Å². The Balaban J connectivity index is 1.67. The number of sulfonamides is 1. The minimum Gasteiger partial charge on any atom is -0.493 e. The highest BCUT2D eigenvalue weighted by atomic mass is 32.2. The first-order valence-corrected chi connectivity index (χ1v) is 10.7. The van der Waals surface area contributed by atoms with E-state index in [0.717, 1.165) is 0 Å².